The maximum Gasteiger partial charge on any atom is 0.338 e. The van der Waals surface area contributed by atoms with Gasteiger partial charge in [-0.05, 0) is 56.2 Å². The lowest BCUT2D eigenvalue weighted by Gasteiger charge is -2.27. The summed E-state index contributed by atoms with van der Waals surface area (Å²) in [6, 6.07) is 15.2. The maximum atomic E-state index is 12.7. The van der Waals surface area contributed by atoms with Gasteiger partial charge in [-0.3, -0.25) is 0 Å². The third kappa shape index (κ3) is 5.49. The van der Waals surface area contributed by atoms with E-state index in [9.17, 15) is 10.1 Å². The summed E-state index contributed by atoms with van der Waals surface area (Å²) >= 11 is 3.42. The Morgan fingerprint density at radius 1 is 1.12 bits per heavy atom. The number of carbonyl (C=O) groups is 1. The van der Waals surface area contributed by atoms with Gasteiger partial charge in [0.15, 0.2) is 11.5 Å². The Bertz CT molecular complexity index is 1130. The molecule has 1 aliphatic heterocycles. The van der Waals surface area contributed by atoms with Crippen LogP contribution in [0.5, 0.6) is 11.5 Å². The molecule has 0 fully saturated rings. The summed E-state index contributed by atoms with van der Waals surface area (Å²) in [5, 5.41) is 9.76. The van der Waals surface area contributed by atoms with Crippen molar-refractivity contribution in [3.05, 3.63) is 80.9 Å². The molecule has 0 amide bonds. The molecule has 1 heterocycles. The van der Waals surface area contributed by atoms with E-state index in [0.29, 0.717) is 36.0 Å². The fraction of sp³-hybridized carbons (Fsp3) is 0.280. The van der Waals surface area contributed by atoms with E-state index in [1.807, 2.05) is 31.2 Å². The van der Waals surface area contributed by atoms with Crippen molar-refractivity contribution in [1.82, 2.24) is 0 Å². The van der Waals surface area contributed by atoms with Crippen molar-refractivity contribution in [2.24, 2.45) is 5.73 Å². The molecule has 0 saturated carbocycles. The molecular formula is C25H25BrN2O5. The zero-order chi connectivity index (χ0) is 24.0. The van der Waals surface area contributed by atoms with E-state index in [1.54, 1.807) is 32.0 Å². The lowest BCUT2D eigenvalue weighted by atomic mass is 9.83. The Morgan fingerprint density at radius 3 is 2.48 bits per heavy atom. The van der Waals surface area contributed by atoms with Crippen molar-refractivity contribution < 1.29 is 23.7 Å². The van der Waals surface area contributed by atoms with Crippen LogP contribution in [0, 0.1) is 11.3 Å². The Labute approximate surface area is 201 Å². The van der Waals surface area contributed by atoms with Gasteiger partial charge in [0.05, 0.1) is 24.7 Å². The van der Waals surface area contributed by atoms with Gasteiger partial charge in [0.2, 0.25) is 5.88 Å². The summed E-state index contributed by atoms with van der Waals surface area (Å²) in [7, 11) is 0. The number of hydrogen-bond acceptors (Lipinski definition) is 7. The number of carbonyl (C=O) groups excluding carboxylic acids is 1. The topological polar surface area (TPSA) is 104 Å². The molecule has 33 heavy (non-hydrogen) atoms. The quantitative estimate of drug-likeness (QED) is 0.492. The second kappa shape index (κ2) is 10.9. The number of nitriles is 1. The Kier molecular flexibility index (Phi) is 8.01. The fourth-order valence-corrected chi connectivity index (χ4v) is 3.79. The summed E-state index contributed by atoms with van der Waals surface area (Å²) in [5.74, 6) is -0.0129. The highest BCUT2D eigenvalue weighted by atomic mass is 79.9. The lowest BCUT2D eigenvalue weighted by molar-refractivity contribution is -0.139. The minimum atomic E-state index is -0.748. The van der Waals surface area contributed by atoms with Crippen molar-refractivity contribution in [2.75, 3.05) is 13.2 Å². The van der Waals surface area contributed by atoms with Crippen molar-refractivity contribution in [3.63, 3.8) is 0 Å². The molecule has 0 spiro atoms. The highest BCUT2D eigenvalue weighted by molar-refractivity contribution is 9.10. The summed E-state index contributed by atoms with van der Waals surface area (Å²) in [6.45, 7) is 6.16. The minimum absolute atomic E-state index is 0.0402. The molecule has 1 aliphatic rings. The van der Waals surface area contributed by atoms with Crippen molar-refractivity contribution >= 4 is 21.9 Å². The van der Waals surface area contributed by atoms with Gasteiger partial charge in [0.25, 0.3) is 0 Å². The molecule has 0 bridgehead atoms. The summed E-state index contributed by atoms with van der Waals surface area (Å²) in [5.41, 5.74) is 7.99. The first kappa shape index (κ1) is 24.2. The van der Waals surface area contributed by atoms with Crippen molar-refractivity contribution in [3.8, 4) is 17.6 Å². The van der Waals surface area contributed by atoms with Crippen LogP contribution in [-0.4, -0.2) is 19.2 Å². The second-order valence-electron chi connectivity index (χ2n) is 7.17. The Balaban J connectivity index is 1.99. The smallest absolute Gasteiger partial charge is 0.338 e. The third-order valence-corrected chi connectivity index (χ3v) is 5.54. The van der Waals surface area contributed by atoms with E-state index in [0.717, 1.165) is 10.0 Å². The van der Waals surface area contributed by atoms with Gasteiger partial charge in [-0.25, -0.2) is 4.79 Å². The van der Waals surface area contributed by atoms with Crippen LogP contribution in [0.3, 0.4) is 0 Å². The van der Waals surface area contributed by atoms with Crippen LogP contribution >= 0.6 is 15.9 Å². The summed E-state index contributed by atoms with van der Waals surface area (Å²) < 4.78 is 23.5. The molecule has 0 saturated heterocycles. The number of ether oxygens (including phenoxy) is 4. The SMILES string of the molecule is CCOC(=O)C1=C(C)OC(N)=C(C#N)C1c1ccc(OCc2ccc(Br)cc2)c(OCC)c1. The van der Waals surface area contributed by atoms with Gasteiger partial charge in [-0.15, -0.1) is 0 Å². The number of hydrogen-bond donors (Lipinski definition) is 1. The predicted molar refractivity (Wildman–Crippen MR) is 126 cm³/mol. The Morgan fingerprint density at radius 2 is 1.85 bits per heavy atom. The second-order valence-corrected chi connectivity index (χ2v) is 8.09. The maximum absolute atomic E-state index is 12.7. The zero-order valence-electron chi connectivity index (χ0n) is 18.7. The van der Waals surface area contributed by atoms with Crippen LogP contribution in [0.4, 0.5) is 0 Å². The van der Waals surface area contributed by atoms with Gasteiger partial charge < -0.3 is 24.7 Å². The summed E-state index contributed by atoms with van der Waals surface area (Å²) in [6.07, 6.45) is 0. The van der Waals surface area contributed by atoms with E-state index < -0.39 is 11.9 Å². The highest BCUT2D eigenvalue weighted by Gasteiger charge is 2.36. The van der Waals surface area contributed by atoms with Gasteiger partial charge in [0.1, 0.15) is 24.0 Å². The first-order chi connectivity index (χ1) is 15.9. The van der Waals surface area contributed by atoms with Gasteiger partial charge in [-0.2, -0.15) is 5.26 Å². The number of esters is 1. The molecule has 172 valence electrons. The number of halogens is 1. The largest absolute Gasteiger partial charge is 0.490 e. The number of allylic oxidation sites excluding steroid dienone is 2. The number of rotatable bonds is 8. The average Bonchev–Trinajstić information content (AvgIpc) is 2.79. The van der Waals surface area contributed by atoms with Crippen LogP contribution in [0.2, 0.25) is 0 Å². The molecule has 0 aromatic heterocycles. The highest BCUT2D eigenvalue weighted by Crippen LogP contribution is 2.42. The standard InChI is InChI=1S/C25H25BrN2O5/c1-4-30-21-12-17(8-11-20(21)32-14-16-6-9-18(26)10-7-16)23-19(13-27)24(28)33-15(3)22(23)25(29)31-5-2/h6-12,23H,4-5,14,28H2,1-3H3. The first-order valence-corrected chi connectivity index (χ1v) is 11.3. The lowest BCUT2D eigenvalue weighted by Crippen LogP contribution is -2.25. The molecule has 7 nitrogen and oxygen atoms in total. The predicted octanol–water partition coefficient (Wildman–Crippen LogP) is 5.07. The molecule has 8 heteroatoms. The molecule has 2 N–H and O–H groups in total. The molecule has 2 aromatic rings. The molecule has 1 unspecified atom stereocenters. The minimum Gasteiger partial charge on any atom is -0.490 e. The van der Waals surface area contributed by atoms with Crippen molar-refractivity contribution in [1.29, 1.82) is 5.26 Å². The van der Waals surface area contributed by atoms with Crippen LogP contribution in [0.25, 0.3) is 0 Å². The number of nitrogens with zero attached hydrogens (tertiary/aromatic N) is 1. The van der Waals surface area contributed by atoms with Crippen LogP contribution < -0.4 is 15.2 Å². The average molecular weight is 513 g/mol. The van der Waals surface area contributed by atoms with Gasteiger partial charge in [-0.1, -0.05) is 34.1 Å². The van der Waals surface area contributed by atoms with E-state index >= 15 is 0 Å². The summed E-state index contributed by atoms with van der Waals surface area (Å²) in [4.78, 5) is 12.7. The zero-order valence-corrected chi connectivity index (χ0v) is 20.3. The molecule has 2 aromatic carbocycles. The monoisotopic (exact) mass is 512 g/mol. The van der Waals surface area contributed by atoms with E-state index in [-0.39, 0.29) is 23.6 Å². The normalized spacial score (nSPS) is 15.5. The number of benzene rings is 2. The molecule has 1 atom stereocenters. The van der Waals surface area contributed by atoms with Gasteiger partial charge in [0, 0.05) is 4.47 Å². The first-order valence-electron chi connectivity index (χ1n) is 10.5. The fourth-order valence-electron chi connectivity index (χ4n) is 3.52. The van der Waals surface area contributed by atoms with E-state index in [1.165, 1.54) is 0 Å². The third-order valence-electron chi connectivity index (χ3n) is 5.01. The molecule has 0 aliphatic carbocycles. The van der Waals surface area contributed by atoms with E-state index in [2.05, 4.69) is 22.0 Å². The van der Waals surface area contributed by atoms with Crippen LogP contribution in [-0.2, 0) is 20.9 Å². The molecule has 3 rings (SSSR count). The van der Waals surface area contributed by atoms with Gasteiger partial charge >= 0.3 is 5.97 Å². The van der Waals surface area contributed by atoms with Crippen LogP contribution in [0.1, 0.15) is 37.8 Å². The van der Waals surface area contributed by atoms with E-state index in [4.69, 9.17) is 24.7 Å². The van der Waals surface area contributed by atoms with Crippen molar-refractivity contribution in [2.45, 2.75) is 33.3 Å². The molecule has 0 radical (unpaired) electrons. The number of nitrogens with two attached hydrogens (primary N) is 1. The van der Waals surface area contributed by atoms with Crippen LogP contribution in [0.15, 0.2) is 69.7 Å². The Hall–Kier alpha value is -3.44. The molecular weight excluding hydrogens is 488 g/mol.